The quantitative estimate of drug-likeness (QED) is 0.226. The van der Waals surface area contributed by atoms with Crippen LogP contribution < -0.4 is 0 Å². The van der Waals surface area contributed by atoms with Gasteiger partial charge in [0.25, 0.3) is 23.7 Å². The van der Waals surface area contributed by atoms with Crippen LogP contribution >= 0.6 is 0 Å². The summed E-state index contributed by atoms with van der Waals surface area (Å²) in [6.07, 6.45) is -9.14. The fraction of sp³-hybridized carbons (Fsp3) is 0.667. The summed E-state index contributed by atoms with van der Waals surface area (Å²) in [5, 5.41) is 0. The minimum atomic E-state index is -3.76. The van der Waals surface area contributed by atoms with E-state index < -0.39 is 61.7 Å². The van der Waals surface area contributed by atoms with Gasteiger partial charge in [0.1, 0.15) is 6.17 Å². The lowest BCUT2D eigenvalue weighted by molar-refractivity contribution is -0.0736. The van der Waals surface area contributed by atoms with Gasteiger partial charge in [-0.2, -0.15) is 17.6 Å². The molecule has 0 bridgehead atoms. The van der Waals surface area contributed by atoms with Crippen molar-refractivity contribution >= 4 is 0 Å². The van der Waals surface area contributed by atoms with Crippen molar-refractivity contribution in [2.45, 2.75) is 68.9 Å². The van der Waals surface area contributed by atoms with E-state index in [4.69, 9.17) is 0 Å². The summed E-state index contributed by atoms with van der Waals surface area (Å²) in [5.74, 6) is -14.1. The number of hydrogen-bond acceptors (Lipinski definition) is 0. The summed E-state index contributed by atoms with van der Waals surface area (Å²) in [6.45, 7) is 8.24. The molecular weight excluding hydrogens is 444 g/mol. The highest BCUT2D eigenvalue weighted by Crippen LogP contribution is 2.30. The fourth-order valence-electron chi connectivity index (χ4n) is 1.32. The van der Waals surface area contributed by atoms with E-state index in [1.165, 1.54) is 0 Å². The van der Waals surface area contributed by atoms with E-state index >= 15 is 0 Å². The monoisotopic (exact) mass is 468 g/mol. The third-order valence-electron chi connectivity index (χ3n) is 2.94. The predicted octanol–water partition coefficient (Wildman–Crippen LogP) is 7.86. The normalized spacial score (nSPS) is 15.4. The third kappa shape index (κ3) is 16.2. The maximum Gasteiger partial charge on any atom is 0.299 e. The van der Waals surface area contributed by atoms with Gasteiger partial charge in [-0.05, 0) is 32.1 Å². The second-order valence-electron chi connectivity index (χ2n) is 5.99. The number of halogens is 12. The fourth-order valence-corrected chi connectivity index (χ4v) is 1.32. The van der Waals surface area contributed by atoms with Gasteiger partial charge >= 0.3 is 0 Å². The lowest BCUT2D eigenvalue weighted by Crippen LogP contribution is -2.33. The van der Waals surface area contributed by atoms with Crippen LogP contribution in [0.2, 0.25) is 0 Å². The highest BCUT2D eigenvalue weighted by molar-refractivity contribution is 4.95. The minimum absolute atomic E-state index is 0.105. The molecule has 0 aromatic carbocycles. The molecule has 3 atom stereocenters. The second-order valence-corrected chi connectivity index (χ2v) is 5.99. The Kier molecular flexibility index (Phi) is 15.0. The molecule has 0 aliphatic rings. The zero-order valence-electron chi connectivity index (χ0n) is 16.2. The highest BCUT2D eigenvalue weighted by Gasteiger charge is 2.40. The molecule has 0 spiro atoms. The molecule has 0 nitrogen and oxygen atoms in total. The van der Waals surface area contributed by atoms with Crippen molar-refractivity contribution < 1.29 is 52.7 Å². The summed E-state index contributed by atoms with van der Waals surface area (Å²) in [5.41, 5.74) is 0. The molecular formula is C18H24F12. The van der Waals surface area contributed by atoms with Crippen LogP contribution in [-0.4, -0.2) is 48.9 Å². The van der Waals surface area contributed by atoms with Crippen LogP contribution in [0.25, 0.3) is 0 Å². The maximum atomic E-state index is 12.1. The average molecular weight is 468 g/mol. The van der Waals surface area contributed by atoms with Crippen LogP contribution in [-0.2, 0) is 0 Å². The largest absolute Gasteiger partial charge is 0.299 e. The van der Waals surface area contributed by atoms with Crippen molar-refractivity contribution in [3.8, 4) is 0 Å². The van der Waals surface area contributed by atoms with Crippen molar-refractivity contribution in [3.05, 3.63) is 38.0 Å². The summed E-state index contributed by atoms with van der Waals surface area (Å²) in [6, 6.07) is 0. The molecule has 0 saturated carbocycles. The van der Waals surface area contributed by atoms with Crippen LogP contribution in [0.3, 0.4) is 0 Å². The van der Waals surface area contributed by atoms with Gasteiger partial charge in [-0.3, -0.25) is 4.39 Å². The van der Waals surface area contributed by atoms with Crippen LogP contribution in [0.4, 0.5) is 52.7 Å². The van der Waals surface area contributed by atoms with Gasteiger partial charge in [-0.25, -0.2) is 30.7 Å². The topological polar surface area (TPSA) is 0 Å². The Morgan fingerprint density at radius 3 is 1.33 bits per heavy atom. The molecule has 0 radical (unpaired) electrons. The van der Waals surface area contributed by atoms with Crippen molar-refractivity contribution in [1.29, 1.82) is 0 Å². The molecule has 0 aliphatic carbocycles. The van der Waals surface area contributed by atoms with Gasteiger partial charge in [0.2, 0.25) is 0 Å². The molecule has 12 heteroatoms. The predicted molar refractivity (Wildman–Crippen MR) is 91.6 cm³/mol. The minimum Gasteiger partial charge on any atom is -0.251 e. The molecule has 0 aliphatic heterocycles. The third-order valence-corrected chi connectivity index (χ3v) is 2.94. The first-order valence-corrected chi connectivity index (χ1v) is 8.13. The lowest BCUT2D eigenvalue weighted by Gasteiger charge is -2.16. The molecule has 30 heavy (non-hydrogen) atoms. The van der Waals surface area contributed by atoms with E-state index in [0.717, 1.165) is 6.92 Å². The van der Waals surface area contributed by atoms with Gasteiger partial charge in [0.05, 0.1) is 13.1 Å². The zero-order chi connectivity index (χ0) is 25.0. The van der Waals surface area contributed by atoms with E-state index in [-0.39, 0.29) is 18.2 Å². The summed E-state index contributed by atoms with van der Waals surface area (Å²) < 4.78 is 144. The molecule has 180 valence electrons. The highest BCUT2D eigenvalue weighted by atomic mass is 19.3. The summed E-state index contributed by atoms with van der Waals surface area (Å²) >= 11 is 0. The summed E-state index contributed by atoms with van der Waals surface area (Å²) in [7, 11) is 0. The Balaban J connectivity index is -0.000000364. The second kappa shape index (κ2) is 13.6. The SMILES string of the molecule is C=CC(F)(F)C(F)C(C)F.C=CC(F)(F)C(F)CCF.C=CC(F)(F)CC(C)(F)F. The Labute approximate surface area is 167 Å². The molecule has 0 rings (SSSR count). The van der Waals surface area contributed by atoms with Gasteiger partial charge < -0.3 is 0 Å². The van der Waals surface area contributed by atoms with E-state index in [0.29, 0.717) is 6.92 Å². The van der Waals surface area contributed by atoms with Gasteiger partial charge in [-0.15, -0.1) is 0 Å². The van der Waals surface area contributed by atoms with E-state index in [1.54, 1.807) is 0 Å². The van der Waals surface area contributed by atoms with Crippen molar-refractivity contribution in [2.75, 3.05) is 6.67 Å². The average Bonchev–Trinajstić information content (AvgIpc) is 2.60. The first-order chi connectivity index (χ1) is 13.2. The molecule has 0 aromatic rings. The number of allylic oxidation sites excluding steroid dienone is 3. The molecule has 0 N–H and O–H groups in total. The van der Waals surface area contributed by atoms with E-state index in [1.807, 2.05) is 0 Å². The Morgan fingerprint density at radius 1 is 0.767 bits per heavy atom. The summed E-state index contributed by atoms with van der Waals surface area (Å²) in [4.78, 5) is 0. The maximum absolute atomic E-state index is 12.1. The standard InChI is InChI=1S/3C6H8F4/c1-3-6(9,10)4-5(2,7)8;1-3-6(9,10)5(8)4(2)7;1-2-6(9,10)5(8)3-4-7/h3H,1,4H2,2H3;3-5H,1H2,2H3;2,5H,1,3-4H2. The number of hydrogen-bond donors (Lipinski definition) is 0. The molecule has 3 unspecified atom stereocenters. The molecule has 0 amide bonds. The van der Waals surface area contributed by atoms with E-state index in [9.17, 15) is 52.7 Å². The zero-order valence-corrected chi connectivity index (χ0v) is 16.2. The Hall–Kier alpha value is -1.62. The van der Waals surface area contributed by atoms with Crippen molar-refractivity contribution in [1.82, 2.24) is 0 Å². The smallest absolute Gasteiger partial charge is 0.251 e. The number of alkyl halides is 12. The molecule has 0 aromatic heterocycles. The van der Waals surface area contributed by atoms with E-state index in [2.05, 4.69) is 19.7 Å². The van der Waals surface area contributed by atoms with Gasteiger partial charge in [0.15, 0.2) is 12.3 Å². The van der Waals surface area contributed by atoms with Crippen molar-refractivity contribution in [3.63, 3.8) is 0 Å². The van der Waals surface area contributed by atoms with Crippen LogP contribution in [0.15, 0.2) is 38.0 Å². The van der Waals surface area contributed by atoms with Crippen molar-refractivity contribution in [2.24, 2.45) is 0 Å². The van der Waals surface area contributed by atoms with Crippen LogP contribution in [0, 0.1) is 0 Å². The number of rotatable bonds is 10. The first kappa shape index (κ1) is 33.0. The van der Waals surface area contributed by atoms with Crippen LogP contribution in [0.1, 0.15) is 26.7 Å². The first-order valence-electron chi connectivity index (χ1n) is 8.13. The van der Waals surface area contributed by atoms with Gasteiger partial charge in [0, 0.05) is 6.42 Å². The molecule has 0 saturated heterocycles. The molecule has 0 fully saturated rings. The Bertz CT molecular complexity index is 494. The van der Waals surface area contributed by atoms with Crippen LogP contribution in [0.5, 0.6) is 0 Å². The molecule has 0 heterocycles. The van der Waals surface area contributed by atoms with Gasteiger partial charge in [-0.1, -0.05) is 19.7 Å². The lowest BCUT2D eigenvalue weighted by atomic mass is 10.1. The Morgan fingerprint density at radius 2 is 1.17 bits per heavy atom.